The first-order valence-corrected chi connectivity index (χ1v) is 6.09. The second kappa shape index (κ2) is 3.85. The number of anilines is 1. The molecule has 0 radical (unpaired) electrons. The van der Waals surface area contributed by atoms with Gasteiger partial charge < -0.3 is 10.1 Å². The largest absolute Gasteiger partial charge is 0.482 e. The second-order valence-electron chi connectivity index (χ2n) is 3.84. The molecule has 17 heavy (non-hydrogen) atoms. The molecule has 2 heterocycles. The van der Waals surface area contributed by atoms with Crippen LogP contribution in [-0.4, -0.2) is 17.5 Å². The third-order valence-corrected chi connectivity index (χ3v) is 3.49. The molecule has 0 bridgehead atoms. The Morgan fingerprint density at radius 1 is 1.47 bits per heavy atom. The molecular formula is C12H10N2O2S. The van der Waals surface area contributed by atoms with E-state index < -0.39 is 0 Å². The molecule has 1 N–H and O–H groups in total. The smallest absolute Gasteiger partial charge is 0.262 e. The molecule has 2 aromatic rings. The number of thiazole rings is 1. The highest BCUT2D eigenvalue weighted by atomic mass is 32.1. The minimum atomic E-state index is -0.120. The topological polar surface area (TPSA) is 51.2 Å². The van der Waals surface area contributed by atoms with Gasteiger partial charge in [-0.25, -0.2) is 4.98 Å². The van der Waals surface area contributed by atoms with Crippen molar-refractivity contribution < 1.29 is 9.53 Å². The summed E-state index contributed by atoms with van der Waals surface area (Å²) in [6, 6.07) is 5.71. The van der Waals surface area contributed by atoms with Crippen LogP contribution in [0.15, 0.2) is 23.6 Å². The predicted octanol–water partition coefficient (Wildman–Crippen LogP) is 2.45. The molecule has 0 unspecified atom stereocenters. The molecule has 0 atom stereocenters. The van der Waals surface area contributed by atoms with Crippen molar-refractivity contribution in [3.8, 4) is 16.3 Å². The maximum Gasteiger partial charge on any atom is 0.262 e. The van der Waals surface area contributed by atoms with E-state index in [1.807, 2.05) is 30.5 Å². The summed E-state index contributed by atoms with van der Waals surface area (Å²) in [6.45, 7) is 2.05. The van der Waals surface area contributed by atoms with E-state index >= 15 is 0 Å². The third-order valence-electron chi connectivity index (χ3n) is 2.48. The van der Waals surface area contributed by atoms with E-state index in [0.717, 1.165) is 16.3 Å². The van der Waals surface area contributed by atoms with Crippen LogP contribution < -0.4 is 10.1 Å². The Kier molecular flexibility index (Phi) is 2.33. The molecule has 1 aromatic carbocycles. The van der Waals surface area contributed by atoms with Crippen molar-refractivity contribution in [2.24, 2.45) is 0 Å². The lowest BCUT2D eigenvalue weighted by Gasteiger charge is -2.18. The molecule has 1 amide bonds. The van der Waals surface area contributed by atoms with Crippen LogP contribution in [0, 0.1) is 6.92 Å². The molecule has 0 saturated carbocycles. The predicted molar refractivity (Wildman–Crippen MR) is 66.4 cm³/mol. The zero-order valence-corrected chi connectivity index (χ0v) is 10.0. The normalized spacial score (nSPS) is 13.8. The van der Waals surface area contributed by atoms with Crippen LogP contribution >= 0.6 is 11.3 Å². The van der Waals surface area contributed by atoms with Crippen LogP contribution in [0.25, 0.3) is 10.6 Å². The zero-order valence-electron chi connectivity index (χ0n) is 9.19. The maximum atomic E-state index is 11.2. The number of carbonyl (C=O) groups is 1. The van der Waals surface area contributed by atoms with Gasteiger partial charge in [0.1, 0.15) is 10.8 Å². The Bertz CT molecular complexity index is 592. The lowest BCUT2D eigenvalue weighted by atomic mass is 10.2. The van der Waals surface area contributed by atoms with Gasteiger partial charge in [-0.15, -0.1) is 11.3 Å². The molecule has 1 aliphatic heterocycles. The number of hydrogen-bond donors (Lipinski definition) is 1. The second-order valence-corrected chi connectivity index (χ2v) is 4.70. The first kappa shape index (κ1) is 10.3. The van der Waals surface area contributed by atoms with Crippen molar-refractivity contribution in [3.63, 3.8) is 0 Å². The summed E-state index contributed by atoms with van der Waals surface area (Å²) < 4.78 is 5.30. The van der Waals surface area contributed by atoms with Crippen molar-refractivity contribution >= 4 is 22.9 Å². The Labute approximate surface area is 102 Å². The number of hydrogen-bond acceptors (Lipinski definition) is 4. The molecule has 0 spiro atoms. The lowest BCUT2D eigenvalue weighted by molar-refractivity contribution is -0.118. The SMILES string of the molecule is Cc1csc(-c2ccc3c(c2)NC(=O)CO3)n1. The molecule has 4 nitrogen and oxygen atoms in total. The van der Waals surface area contributed by atoms with E-state index in [1.54, 1.807) is 11.3 Å². The average Bonchev–Trinajstić information content (AvgIpc) is 2.75. The van der Waals surface area contributed by atoms with Crippen LogP contribution in [-0.2, 0) is 4.79 Å². The Morgan fingerprint density at radius 2 is 2.35 bits per heavy atom. The summed E-state index contributed by atoms with van der Waals surface area (Å²) in [6.07, 6.45) is 0. The minimum Gasteiger partial charge on any atom is -0.482 e. The summed E-state index contributed by atoms with van der Waals surface area (Å²) in [5, 5.41) is 5.74. The van der Waals surface area contributed by atoms with E-state index in [-0.39, 0.29) is 12.5 Å². The van der Waals surface area contributed by atoms with Gasteiger partial charge in [0.2, 0.25) is 0 Å². The van der Waals surface area contributed by atoms with Crippen LogP contribution in [0.5, 0.6) is 5.75 Å². The van der Waals surface area contributed by atoms with Crippen molar-refractivity contribution in [1.29, 1.82) is 0 Å². The van der Waals surface area contributed by atoms with Crippen molar-refractivity contribution in [2.75, 3.05) is 11.9 Å². The lowest BCUT2D eigenvalue weighted by Crippen LogP contribution is -2.25. The fourth-order valence-corrected chi connectivity index (χ4v) is 2.50. The molecule has 86 valence electrons. The van der Waals surface area contributed by atoms with E-state index in [9.17, 15) is 4.79 Å². The number of benzene rings is 1. The minimum absolute atomic E-state index is 0.0860. The number of amides is 1. The van der Waals surface area contributed by atoms with E-state index in [4.69, 9.17) is 4.74 Å². The van der Waals surface area contributed by atoms with E-state index in [2.05, 4.69) is 10.3 Å². The van der Waals surface area contributed by atoms with Crippen LogP contribution in [0.2, 0.25) is 0 Å². The molecule has 1 aliphatic rings. The molecule has 3 rings (SSSR count). The molecule has 0 aliphatic carbocycles. The molecular weight excluding hydrogens is 236 g/mol. The van der Waals surface area contributed by atoms with Gasteiger partial charge in [-0.1, -0.05) is 0 Å². The summed E-state index contributed by atoms with van der Waals surface area (Å²) in [7, 11) is 0. The summed E-state index contributed by atoms with van der Waals surface area (Å²) in [5.74, 6) is 0.589. The van der Waals surface area contributed by atoms with Gasteiger partial charge in [0.15, 0.2) is 6.61 Å². The summed E-state index contributed by atoms with van der Waals surface area (Å²) in [5.41, 5.74) is 2.71. The van der Waals surface area contributed by atoms with E-state index in [0.29, 0.717) is 11.4 Å². The quantitative estimate of drug-likeness (QED) is 0.840. The van der Waals surface area contributed by atoms with Gasteiger partial charge in [-0.3, -0.25) is 4.79 Å². The highest BCUT2D eigenvalue weighted by Crippen LogP contribution is 2.33. The fraction of sp³-hybridized carbons (Fsp3) is 0.167. The van der Waals surface area contributed by atoms with Crippen molar-refractivity contribution in [2.45, 2.75) is 6.92 Å². The first-order chi connectivity index (χ1) is 8.22. The van der Waals surface area contributed by atoms with Gasteiger partial charge in [0.05, 0.1) is 5.69 Å². The molecule has 0 saturated heterocycles. The number of nitrogens with one attached hydrogen (secondary N) is 1. The summed E-state index contributed by atoms with van der Waals surface area (Å²) >= 11 is 1.59. The van der Waals surface area contributed by atoms with Gasteiger partial charge in [0, 0.05) is 16.6 Å². The zero-order chi connectivity index (χ0) is 11.8. The Balaban J connectivity index is 2.03. The van der Waals surface area contributed by atoms with Crippen LogP contribution in [0.1, 0.15) is 5.69 Å². The van der Waals surface area contributed by atoms with Crippen molar-refractivity contribution in [3.05, 3.63) is 29.3 Å². The van der Waals surface area contributed by atoms with Crippen LogP contribution in [0.4, 0.5) is 5.69 Å². The van der Waals surface area contributed by atoms with Gasteiger partial charge >= 0.3 is 0 Å². The average molecular weight is 246 g/mol. The number of fused-ring (bicyclic) bond motifs is 1. The number of aryl methyl sites for hydroxylation is 1. The molecule has 5 heteroatoms. The van der Waals surface area contributed by atoms with Gasteiger partial charge in [-0.05, 0) is 25.1 Å². The van der Waals surface area contributed by atoms with Crippen LogP contribution in [0.3, 0.4) is 0 Å². The van der Waals surface area contributed by atoms with E-state index in [1.165, 1.54) is 0 Å². The fourth-order valence-electron chi connectivity index (χ4n) is 1.70. The first-order valence-electron chi connectivity index (χ1n) is 5.21. The highest BCUT2D eigenvalue weighted by Gasteiger charge is 2.16. The standard InChI is InChI=1S/C12H10N2O2S/c1-7-6-17-12(13-7)8-2-3-10-9(4-8)14-11(15)5-16-10/h2-4,6H,5H2,1H3,(H,14,15). The number of ether oxygens (including phenoxy) is 1. The van der Waals surface area contributed by atoms with Gasteiger partial charge in [-0.2, -0.15) is 0 Å². The monoisotopic (exact) mass is 246 g/mol. The number of aromatic nitrogens is 1. The van der Waals surface area contributed by atoms with Crippen molar-refractivity contribution in [1.82, 2.24) is 4.98 Å². The Hall–Kier alpha value is -1.88. The maximum absolute atomic E-state index is 11.2. The number of nitrogens with zero attached hydrogens (tertiary/aromatic N) is 1. The van der Waals surface area contributed by atoms with Gasteiger partial charge in [0.25, 0.3) is 5.91 Å². The Morgan fingerprint density at radius 3 is 3.12 bits per heavy atom. The molecule has 0 fully saturated rings. The third kappa shape index (κ3) is 1.89. The molecule has 1 aromatic heterocycles. The number of rotatable bonds is 1. The number of carbonyl (C=O) groups excluding carboxylic acids is 1. The highest BCUT2D eigenvalue weighted by molar-refractivity contribution is 7.13. The summed E-state index contributed by atoms with van der Waals surface area (Å²) in [4.78, 5) is 15.6.